The van der Waals surface area contributed by atoms with Crippen LogP contribution in [0.2, 0.25) is 0 Å². The quantitative estimate of drug-likeness (QED) is 0.352. The van der Waals surface area contributed by atoms with E-state index in [0.29, 0.717) is 8.64 Å². The Hall–Kier alpha value is 0.400. The van der Waals surface area contributed by atoms with Crippen LogP contribution in [0.5, 0.6) is 0 Å². The van der Waals surface area contributed by atoms with Crippen LogP contribution in [-0.2, 0) is 0 Å². The van der Waals surface area contributed by atoms with Crippen molar-refractivity contribution in [1.82, 2.24) is 22.9 Å². The van der Waals surface area contributed by atoms with E-state index in [0.717, 1.165) is 24.9 Å². The lowest BCUT2D eigenvalue weighted by Gasteiger charge is -2.28. The first kappa shape index (κ1) is 20.7. The molecular formula is C10H26N4S4+2. The third-order valence-electron chi connectivity index (χ3n) is 3.05. The molecule has 0 radical (unpaired) electrons. The first-order chi connectivity index (χ1) is 7.58. The zero-order chi connectivity index (χ0) is 12.0. The molecule has 18 heavy (non-hydrogen) atoms. The van der Waals surface area contributed by atoms with Crippen LogP contribution in [0.25, 0.3) is 0 Å². The van der Waals surface area contributed by atoms with Crippen molar-refractivity contribution in [2.24, 2.45) is 11.8 Å². The summed E-state index contributed by atoms with van der Waals surface area (Å²) in [5.41, 5.74) is 0. The number of hydrogen-bond donors (Lipinski definition) is 6. The fourth-order valence-corrected chi connectivity index (χ4v) is 2.45. The Kier molecular flexibility index (Phi) is 12.9. The Bertz CT molecular complexity index is 228. The number of nitrogens with one attached hydrogen (secondary N) is 2. The molecule has 0 aliphatic heterocycles. The number of thiocarbonyl (C=S) groups is 2. The van der Waals surface area contributed by atoms with Gasteiger partial charge in [0.2, 0.25) is 0 Å². The van der Waals surface area contributed by atoms with Crippen LogP contribution in [0, 0.1) is 11.8 Å². The molecule has 0 spiro atoms. The average molecular weight is 331 g/mol. The number of thiol groups is 2. The Labute approximate surface area is 131 Å². The van der Waals surface area contributed by atoms with Gasteiger partial charge in [0, 0.05) is 13.1 Å². The van der Waals surface area contributed by atoms with E-state index < -0.39 is 0 Å². The summed E-state index contributed by atoms with van der Waals surface area (Å²) in [6.45, 7) is 1.93. The second-order valence-corrected chi connectivity index (χ2v) is 6.57. The van der Waals surface area contributed by atoms with Crippen molar-refractivity contribution >= 4 is 58.3 Å². The normalized spacial score (nSPS) is 22.1. The maximum Gasteiger partial charge on any atom is 0.130 e. The number of rotatable bonds is 4. The van der Waals surface area contributed by atoms with Crippen LogP contribution >= 0.6 is 49.7 Å². The fraction of sp³-hybridized carbons (Fsp3) is 0.800. The van der Waals surface area contributed by atoms with E-state index in [2.05, 4.69) is 35.9 Å². The summed E-state index contributed by atoms with van der Waals surface area (Å²) in [6, 6.07) is 0. The summed E-state index contributed by atoms with van der Waals surface area (Å²) in [4.78, 5) is 0. The highest BCUT2D eigenvalue weighted by molar-refractivity contribution is 8.11. The van der Waals surface area contributed by atoms with Crippen LogP contribution in [-0.4, -0.2) is 21.7 Å². The van der Waals surface area contributed by atoms with Gasteiger partial charge in [-0.1, -0.05) is 24.4 Å². The summed E-state index contributed by atoms with van der Waals surface area (Å²) in [6.07, 6.45) is 5.04. The molecule has 0 atom stereocenters. The Morgan fingerprint density at radius 1 is 0.833 bits per heavy atom. The van der Waals surface area contributed by atoms with Crippen LogP contribution < -0.4 is 22.9 Å². The summed E-state index contributed by atoms with van der Waals surface area (Å²) in [5, 5.41) is 6.25. The molecule has 10 N–H and O–H groups in total. The highest BCUT2D eigenvalue weighted by Gasteiger charge is 2.20. The number of quaternary nitrogens is 2. The van der Waals surface area contributed by atoms with Crippen LogP contribution in [0.1, 0.15) is 25.7 Å². The van der Waals surface area contributed by atoms with Gasteiger partial charge in [0.25, 0.3) is 0 Å². The Balaban J connectivity index is 0. The van der Waals surface area contributed by atoms with Crippen LogP contribution in [0.4, 0.5) is 0 Å². The highest BCUT2D eigenvalue weighted by Crippen LogP contribution is 2.27. The fourth-order valence-electron chi connectivity index (χ4n) is 2.10. The average Bonchev–Trinajstić information content (AvgIpc) is 2.25. The van der Waals surface area contributed by atoms with Crippen molar-refractivity contribution in [2.75, 3.05) is 13.1 Å². The minimum absolute atomic E-state index is 0. The van der Waals surface area contributed by atoms with Gasteiger partial charge < -0.3 is 22.9 Å². The summed E-state index contributed by atoms with van der Waals surface area (Å²) < 4.78 is 1.20. The molecule has 1 aliphatic rings. The van der Waals surface area contributed by atoms with Crippen molar-refractivity contribution in [3.63, 3.8) is 0 Å². The monoisotopic (exact) mass is 330 g/mol. The van der Waals surface area contributed by atoms with Crippen molar-refractivity contribution in [2.45, 2.75) is 25.7 Å². The smallest absolute Gasteiger partial charge is 0.130 e. The molecule has 0 aromatic carbocycles. The van der Waals surface area contributed by atoms with E-state index in [1.165, 1.54) is 25.7 Å². The topological polar surface area (TPSA) is 97.1 Å². The zero-order valence-electron chi connectivity index (χ0n) is 11.1. The van der Waals surface area contributed by atoms with Gasteiger partial charge in [0.1, 0.15) is 8.64 Å². The predicted octanol–water partition coefficient (Wildman–Crippen LogP) is 3.15. The lowest BCUT2D eigenvalue weighted by Crippen LogP contribution is -2.31. The third kappa shape index (κ3) is 9.35. The van der Waals surface area contributed by atoms with E-state index in [1.54, 1.807) is 0 Å². The molecule has 0 heterocycles. The van der Waals surface area contributed by atoms with E-state index in [4.69, 9.17) is 24.4 Å². The molecule has 0 aromatic heterocycles. The van der Waals surface area contributed by atoms with E-state index >= 15 is 0 Å². The highest BCUT2D eigenvalue weighted by atomic mass is 32.1. The van der Waals surface area contributed by atoms with Gasteiger partial charge in [-0.25, -0.2) is 0 Å². The van der Waals surface area contributed by atoms with E-state index in [-0.39, 0.29) is 12.3 Å². The second-order valence-electron chi connectivity index (χ2n) is 4.26. The summed E-state index contributed by atoms with van der Waals surface area (Å²) in [7, 11) is 0. The van der Waals surface area contributed by atoms with Crippen LogP contribution in [0.3, 0.4) is 0 Å². The van der Waals surface area contributed by atoms with E-state index in [1.807, 2.05) is 0 Å². The van der Waals surface area contributed by atoms with Crippen molar-refractivity contribution < 1.29 is 0 Å². The van der Waals surface area contributed by atoms with Crippen molar-refractivity contribution in [1.29, 1.82) is 0 Å². The van der Waals surface area contributed by atoms with Crippen LogP contribution in [0.15, 0.2) is 0 Å². The van der Waals surface area contributed by atoms with Crippen molar-refractivity contribution in [3.05, 3.63) is 0 Å². The van der Waals surface area contributed by atoms with Gasteiger partial charge >= 0.3 is 0 Å². The summed E-state index contributed by atoms with van der Waals surface area (Å²) >= 11 is 17.9. The molecule has 1 aliphatic carbocycles. The first-order valence-electron chi connectivity index (χ1n) is 5.51. The standard InChI is InChI=1S/C10H18N2S4.2H3N/c13-9(14)11-5-7-1-2-8(4-3-7)6-12-10(15)16;;/h7-8H,1-6H2,(H2,11,13,14)(H2,12,15,16);2*1H3/p+2. The summed E-state index contributed by atoms with van der Waals surface area (Å²) in [5.74, 6) is 1.48. The molecule has 1 fully saturated rings. The van der Waals surface area contributed by atoms with E-state index in [9.17, 15) is 0 Å². The molecule has 1 rings (SSSR count). The van der Waals surface area contributed by atoms with Gasteiger partial charge in [0.15, 0.2) is 0 Å². The zero-order valence-corrected chi connectivity index (χ0v) is 14.5. The third-order valence-corrected chi connectivity index (χ3v) is 3.66. The maximum atomic E-state index is 4.88. The first-order valence-corrected chi connectivity index (χ1v) is 7.22. The lowest BCUT2D eigenvalue weighted by molar-refractivity contribution is 0.275. The lowest BCUT2D eigenvalue weighted by atomic mass is 9.82. The Morgan fingerprint density at radius 2 is 1.11 bits per heavy atom. The SMILES string of the molecule is S=C(S)NCC1CCC(CNC(=S)S)CC1.[NH4+].[NH4+]. The molecule has 0 amide bonds. The minimum Gasteiger partial charge on any atom is -0.371 e. The molecule has 0 saturated heterocycles. The van der Waals surface area contributed by atoms with Gasteiger partial charge in [-0.3, -0.25) is 0 Å². The second kappa shape index (κ2) is 11.2. The van der Waals surface area contributed by atoms with Gasteiger partial charge in [0.05, 0.1) is 0 Å². The molecule has 8 heteroatoms. The molecule has 4 nitrogen and oxygen atoms in total. The molecule has 0 unspecified atom stereocenters. The maximum absolute atomic E-state index is 4.88. The van der Waals surface area contributed by atoms with Crippen molar-refractivity contribution in [3.8, 4) is 0 Å². The Morgan fingerprint density at radius 3 is 1.33 bits per heavy atom. The van der Waals surface area contributed by atoms with Gasteiger partial charge in [-0.2, -0.15) is 0 Å². The molecular weight excluding hydrogens is 304 g/mol. The largest absolute Gasteiger partial charge is 0.371 e. The molecule has 0 aromatic rings. The molecule has 1 saturated carbocycles. The van der Waals surface area contributed by atoms with Gasteiger partial charge in [-0.15, -0.1) is 25.3 Å². The predicted molar refractivity (Wildman–Crippen MR) is 96.6 cm³/mol. The van der Waals surface area contributed by atoms with Gasteiger partial charge in [-0.05, 0) is 37.5 Å². The number of hydrogen-bond acceptors (Lipinski definition) is 2. The minimum atomic E-state index is 0. The molecule has 0 bridgehead atoms. The molecule has 108 valence electrons.